The predicted octanol–water partition coefficient (Wildman–Crippen LogP) is 0.653. The van der Waals surface area contributed by atoms with Crippen molar-refractivity contribution in [2.75, 3.05) is 18.0 Å². The molecule has 2 aromatic rings. The van der Waals surface area contributed by atoms with Crippen LogP contribution in [0.4, 0.5) is 5.82 Å². The largest absolute Gasteiger partial charge is 0.478 e. The second-order valence-electron chi connectivity index (χ2n) is 4.89. The minimum atomic E-state index is -0.997. The Balaban J connectivity index is 2.10. The minimum Gasteiger partial charge on any atom is -0.478 e. The molecule has 1 atom stereocenters. The highest BCUT2D eigenvalue weighted by atomic mass is 16.4. The lowest BCUT2D eigenvalue weighted by Gasteiger charge is -2.34. The van der Waals surface area contributed by atoms with Crippen molar-refractivity contribution >= 4 is 28.6 Å². The summed E-state index contributed by atoms with van der Waals surface area (Å²) in [5, 5.41) is 12.6. The van der Waals surface area contributed by atoms with Crippen LogP contribution in [0.2, 0.25) is 0 Å². The highest BCUT2D eigenvalue weighted by Crippen LogP contribution is 2.26. The molecule has 0 bridgehead atoms. The molecule has 7 nitrogen and oxygen atoms in total. The lowest BCUT2D eigenvalue weighted by atomic mass is 10.1. The molecule has 1 unspecified atom stereocenters. The van der Waals surface area contributed by atoms with Crippen molar-refractivity contribution < 1.29 is 14.7 Å². The number of anilines is 1. The summed E-state index contributed by atoms with van der Waals surface area (Å²) in [7, 11) is 0. The van der Waals surface area contributed by atoms with E-state index in [0.29, 0.717) is 24.4 Å². The smallest absolute Gasteiger partial charge is 0.335 e. The van der Waals surface area contributed by atoms with E-state index in [4.69, 9.17) is 5.11 Å². The molecule has 2 heterocycles. The Morgan fingerprint density at radius 3 is 3.00 bits per heavy atom. The average Bonchev–Trinajstić information content (AvgIpc) is 2.49. The number of nitrogens with one attached hydrogen (secondary N) is 1. The molecule has 1 saturated heterocycles. The first-order valence-electron chi connectivity index (χ1n) is 6.60. The van der Waals surface area contributed by atoms with Crippen LogP contribution in [-0.2, 0) is 4.79 Å². The molecule has 21 heavy (non-hydrogen) atoms. The minimum absolute atomic E-state index is 0.0461. The van der Waals surface area contributed by atoms with Crippen LogP contribution < -0.4 is 10.2 Å². The van der Waals surface area contributed by atoms with Gasteiger partial charge in [-0.05, 0) is 25.1 Å². The Hall–Kier alpha value is -2.70. The number of nitrogens with zero attached hydrogens (tertiary/aromatic N) is 3. The summed E-state index contributed by atoms with van der Waals surface area (Å²) in [4.78, 5) is 33.1. The van der Waals surface area contributed by atoms with Gasteiger partial charge in [0.25, 0.3) is 0 Å². The van der Waals surface area contributed by atoms with Crippen LogP contribution in [0.5, 0.6) is 0 Å². The van der Waals surface area contributed by atoms with Crippen molar-refractivity contribution in [3.8, 4) is 0 Å². The van der Waals surface area contributed by atoms with Gasteiger partial charge in [0.1, 0.15) is 18.2 Å². The number of benzene rings is 1. The summed E-state index contributed by atoms with van der Waals surface area (Å²) in [5.41, 5.74) is 0.731. The second-order valence-corrected chi connectivity index (χ2v) is 4.89. The lowest BCUT2D eigenvalue weighted by molar-refractivity contribution is -0.122. The van der Waals surface area contributed by atoms with Crippen LogP contribution in [0.25, 0.3) is 10.9 Å². The third kappa shape index (κ3) is 2.26. The number of carboxylic acids is 1. The zero-order chi connectivity index (χ0) is 15.0. The number of fused-ring (bicyclic) bond motifs is 1. The highest BCUT2D eigenvalue weighted by Gasteiger charge is 2.27. The molecule has 1 aromatic heterocycles. The van der Waals surface area contributed by atoms with Crippen molar-refractivity contribution in [3.63, 3.8) is 0 Å². The van der Waals surface area contributed by atoms with E-state index >= 15 is 0 Å². The number of aromatic carboxylic acids is 1. The van der Waals surface area contributed by atoms with E-state index in [1.165, 1.54) is 18.5 Å². The van der Waals surface area contributed by atoms with E-state index < -0.39 is 5.97 Å². The molecule has 0 spiro atoms. The molecule has 1 aliphatic rings. The topological polar surface area (TPSA) is 95.4 Å². The van der Waals surface area contributed by atoms with E-state index in [1.54, 1.807) is 6.07 Å². The zero-order valence-electron chi connectivity index (χ0n) is 11.4. The third-order valence-corrected chi connectivity index (χ3v) is 3.63. The first-order valence-corrected chi connectivity index (χ1v) is 6.60. The summed E-state index contributed by atoms with van der Waals surface area (Å²) in [5.74, 6) is -0.391. The first kappa shape index (κ1) is 13.3. The van der Waals surface area contributed by atoms with Gasteiger partial charge in [0.15, 0.2) is 0 Å². The van der Waals surface area contributed by atoms with Gasteiger partial charge >= 0.3 is 5.97 Å². The van der Waals surface area contributed by atoms with E-state index in [0.717, 1.165) is 5.39 Å². The maximum absolute atomic E-state index is 11.8. The molecule has 0 radical (unpaired) electrons. The summed E-state index contributed by atoms with van der Waals surface area (Å²) in [6, 6.07) is 4.40. The Morgan fingerprint density at radius 1 is 1.43 bits per heavy atom. The maximum atomic E-state index is 11.8. The Bertz CT molecular complexity index is 731. The normalized spacial score (nSPS) is 18.6. The molecule has 1 fully saturated rings. The number of rotatable bonds is 2. The number of hydrogen-bond donors (Lipinski definition) is 2. The quantitative estimate of drug-likeness (QED) is 0.841. The average molecular weight is 286 g/mol. The van der Waals surface area contributed by atoms with E-state index in [1.807, 2.05) is 11.8 Å². The Labute approximate surface area is 120 Å². The standard InChI is InChI=1S/C14H14N4O3/c1-8-13(19)15-4-5-18(8)12-10-3-2-9(14(20)21)6-11(10)16-7-17-12/h2-3,6-8H,4-5H2,1H3,(H,15,19)(H,20,21). The van der Waals surface area contributed by atoms with Crippen LogP contribution in [0, 0.1) is 0 Å². The van der Waals surface area contributed by atoms with E-state index in [9.17, 15) is 9.59 Å². The van der Waals surface area contributed by atoms with Gasteiger partial charge in [-0.2, -0.15) is 0 Å². The fourth-order valence-corrected chi connectivity index (χ4v) is 2.48. The molecule has 1 amide bonds. The first-order chi connectivity index (χ1) is 10.1. The van der Waals surface area contributed by atoms with Crippen molar-refractivity contribution in [1.29, 1.82) is 0 Å². The molecule has 1 aliphatic heterocycles. The van der Waals surface area contributed by atoms with Gasteiger partial charge in [0.2, 0.25) is 5.91 Å². The summed E-state index contributed by atoms with van der Waals surface area (Å²) >= 11 is 0. The van der Waals surface area contributed by atoms with Gasteiger partial charge in [-0.1, -0.05) is 0 Å². The van der Waals surface area contributed by atoms with Gasteiger partial charge in [-0.3, -0.25) is 4.79 Å². The number of carbonyl (C=O) groups is 2. The molecule has 3 rings (SSSR count). The van der Waals surface area contributed by atoms with Crippen molar-refractivity contribution in [2.45, 2.75) is 13.0 Å². The van der Waals surface area contributed by atoms with Crippen molar-refractivity contribution in [1.82, 2.24) is 15.3 Å². The van der Waals surface area contributed by atoms with Crippen molar-refractivity contribution in [3.05, 3.63) is 30.1 Å². The molecule has 108 valence electrons. The number of amides is 1. The van der Waals surface area contributed by atoms with Crippen LogP contribution in [-0.4, -0.2) is 46.1 Å². The number of hydrogen-bond acceptors (Lipinski definition) is 5. The molecule has 2 N–H and O–H groups in total. The van der Waals surface area contributed by atoms with Gasteiger partial charge in [-0.15, -0.1) is 0 Å². The van der Waals surface area contributed by atoms with Gasteiger partial charge in [-0.25, -0.2) is 14.8 Å². The predicted molar refractivity (Wildman–Crippen MR) is 76.3 cm³/mol. The monoisotopic (exact) mass is 286 g/mol. The number of carboxylic acid groups (broad SMARTS) is 1. The second kappa shape index (κ2) is 5.01. The highest BCUT2D eigenvalue weighted by molar-refractivity contribution is 5.97. The third-order valence-electron chi connectivity index (χ3n) is 3.63. The fourth-order valence-electron chi connectivity index (χ4n) is 2.48. The number of aromatic nitrogens is 2. The van der Waals surface area contributed by atoms with Gasteiger partial charge in [0.05, 0.1) is 11.1 Å². The van der Waals surface area contributed by atoms with Crippen molar-refractivity contribution in [2.24, 2.45) is 0 Å². The zero-order valence-corrected chi connectivity index (χ0v) is 11.4. The van der Waals surface area contributed by atoms with Gasteiger partial charge in [0, 0.05) is 18.5 Å². The number of piperazine rings is 1. The van der Waals surface area contributed by atoms with Crippen LogP contribution in [0.15, 0.2) is 24.5 Å². The molecule has 1 aromatic carbocycles. The van der Waals surface area contributed by atoms with Crippen LogP contribution in [0.3, 0.4) is 0 Å². The van der Waals surface area contributed by atoms with Gasteiger partial charge < -0.3 is 15.3 Å². The van der Waals surface area contributed by atoms with E-state index in [-0.39, 0.29) is 17.5 Å². The summed E-state index contributed by atoms with van der Waals surface area (Å²) in [6.45, 7) is 3.02. The lowest BCUT2D eigenvalue weighted by Crippen LogP contribution is -2.54. The maximum Gasteiger partial charge on any atom is 0.335 e. The molecule has 0 aliphatic carbocycles. The Kier molecular flexibility index (Phi) is 3.17. The molecule has 7 heteroatoms. The molecular weight excluding hydrogens is 272 g/mol. The summed E-state index contributed by atoms with van der Waals surface area (Å²) < 4.78 is 0. The Morgan fingerprint density at radius 2 is 2.24 bits per heavy atom. The molecule has 0 saturated carbocycles. The fraction of sp³-hybridized carbons (Fsp3) is 0.286. The molecular formula is C14H14N4O3. The van der Waals surface area contributed by atoms with Crippen LogP contribution in [0.1, 0.15) is 17.3 Å². The van der Waals surface area contributed by atoms with Crippen LogP contribution >= 0.6 is 0 Å². The number of carbonyl (C=O) groups excluding carboxylic acids is 1. The SMILES string of the molecule is CC1C(=O)NCCN1c1ncnc2cc(C(=O)O)ccc12. The summed E-state index contributed by atoms with van der Waals surface area (Å²) in [6.07, 6.45) is 1.39. The van der Waals surface area contributed by atoms with E-state index in [2.05, 4.69) is 15.3 Å².